The maximum absolute atomic E-state index is 6.21. The molecule has 2 aromatic rings. The third-order valence-electron chi connectivity index (χ3n) is 3.92. The summed E-state index contributed by atoms with van der Waals surface area (Å²) in [5.74, 6) is 0.957. The van der Waals surface area contributed by atoms with Crippen molar-refractivity contribution >= 4 is 27.5 Å². The van der Waals surface area contributed by atoms with Gasteiger partial charge in [0.1, 0.15) is 11.9 Å². The van der Waals surface area contributed by atoms with Crippen LogP contribution in [-0.2, 0) is 0 Å². The van der Waals surface area contributed by atoms with Gasteiger partial charge in [0.2, 0.25) is 0 Å². The summed E-state index contributed by atoms with van der Waals surface area (Å²) in [6.07, 6.45) is 0.914. The van der Waals surface area contributed by atoms with Gasteiger partial charge in [-0.1, -0.05) is 51.3 Å². The molecule has 1 aliphatic rings. The van der Waals surface area contributed by atoms with E-state index in [4.69, 9.17) is 16.3 Å². The molecule has 0 aromatic heterocycles. The van der Waals surface area contributed by atoms with Crippen molar-refractivity contribution in [2.24, 2.45) is 0 Å². The SMILES string of the molecule is CNC1CC(c2ccc(Cl)cc2Br)Oc2ccc(C)cc21. The molecule has 2 atom stereocenters. The number of aryl methyl sites for hydroxylation is 1. The third kappa shape index (κ3) is 2.96. The fourth-order valence-electron chi connectivity index (χ4n) is 2.82. The predicted molar refractivity (Wildman–Crippen MR) is 90.1 cm³/mol. The number of benzene rings is 2. The van der Waals surface area contributed by atoms with Crippen molar-refractivity contribution in [3.8, 4) is 5.75 Å². The molecule has 0 aliphatic carbocycles. The average molecular weight is 367 g/mol. The fourth-order valence-corrected chi connectivity index (χ4v) is 3.75. The van der Waals surface area contributed by atoms with E-state index in [9.17, 15) is 0 Å². The van der Waals surface area contributed by atoms with E-state index in [0.717, 1.165) is 27.2 Å². The summed E-state index contributed by atoms with van der Waals surface area (Å²) < 4.78 is 7.20. The number of rotatable bonds is 2. The number of nitrogens with one attached hydrogen (secondary N) is 1. The summed E-state index contributed by atoms with van der Waals surface area (Å²) in [7, 11) is 2.00. The van der Waals surface area contributed by atoms with E-state index in [1.165, 1.54) is 11.1 Å². The van der Waals surface area contributed by atoms with E-state index in [2.05, 4.69) is 46.4 Å². The highest BCUT2D eigenvalue weighted by Gasteiger charge is 2.29. The Morgan fingerprint density at radius 3 is 2.71 bits per heavy atom. The van der Waals surface area contributed by atoms with Crippen LogP contribution in [-0.4, -0.2) is 7.05 Å². The molecule has 1 aliphatic heterocycles. The molecule has 110 valence electrons. The molecule has 0 fully saturated rings. The zero-order valence-corrected chi connectivity index (χ0v) is 14.3. The van der Waals surface area contributed by atoms with E-state index in [1.807, 2.05) is 25.2 Å². The second kappa shape index (κ2) is 5.99. The summed E-state index contributed by atoms with van der Waals surface area (Å²) in [6.45, 7) is 2.11. The lowest BCUT2D eigenvalue weighted by molar-refractivity contribution is 0.153. The molecule has 2 unspecified atom stereocenters. The quantitative estimate of drug-likeness (QED) is 0.789. The number of hydrogen-bond acceptors (Lipinski definition) is 2. The van der Waals surface area contributed by atoms with Gasteiger partial charge in [-0.25, -0.2) is 0 Å². The number of hydrogen-bond donors (Lipinski definition) is 1. The molecule has 2 aromatic carbocycles. The highest BCUT2D eigenvalue weighted by atomic mass is 79.9. The van der Waals surface area contributed by atoms with E-state index in [0.29, 0.717) is 6.04 Å². The summed E-state index contributed by atoms with van der Waals surface area (Å²) >= 11 is 9.62. The van der Waals surface area contributed by atoms with Crippen LogP contribution < -0.4 is 10.1 Å². The molecule has 1 N–H and O–H groups in total. The van der Waals surface area contributed by atoms with Gasteiger partial charge in [-0.05, 0) is 32.2 Å². The van der Waals surface area contributed by atoms with Crippen molar-refractivity contribution in [1.82, 2.24) is 5.32 Å². The van der Waals surface area contributed by atoms with Gasteiger partial charge < -0.3 is 10.1 Å². The number of halogens is 2. The third-order valence-corrected chi connectivity index (χ3v) is 4.84. The molecule has 21 heavy (non-hydrogen) atoms. The van der Waals surface area contributed by atoms with E-state index in [-0.39, 0.29) is 6.10 Å². The maximum atomic E-state index is 6.21. The zero-order valence-electron chi connectivity index (χ0n) is 12.0. The minimum atomic E-state index is 0.0179. The van der Waals surface area contributed by atoms with Crippen molar-refractivity contribution in [1.29, 1.82) is 0 Å². The lowest BCUT2D eigenvalue weighted by Crippen LogP contribution is -2.27. The van der Waals surface area contributed by atoms with Gasteiger partial charge in [0.15, 0.2) is 0 Å². The highest BCUT2D eigenvalue weighted by molar-refractivity contribution is 9.10. The monoisotopic (exact) mass is 365 g/mol. The average Bonchev–Trinajstić information content (AvgIpc) is 2.46. The van der Waals surface area contributed by atoms with Crippen LogP contribution in [0, 0.1) is 6.92 Å². The van der Waals surface area contributed by atoms with Gasteiger partial charge in [-0.3, -0.25) is 0 Å². The largest absolute Gasteiger partial charge is 0.485 e. The Balaban J connectivity index is 1.98. The minimum Gasteiger partial charge on any atom is -0.485 e. The Morgan fingerprint density at radius 1 is 1.19 bits per heavy atom. The molecule has 0 saturated carbocycles. The first-order valence-electron chi connectivity index (χ1n) is 6.98. The summed E-state index contributed by atoms with van der Waals surface area (Å²) in [5.41, 5.74) is 3.62. The molecule has 4 heteroatoms. The van der Waals surface area contributed by atoms with Crippen LogP contribution in [0.25, 0.3) is 0 Å². The van der Waals surface area contributed by atoms with Crippen LogP contribution in [0.15, 0.2) is 40.9 Å². The van der Waals surface area contributed by atoms with Gasteiger partial charge in [-0.2, -0.15) is 0 Å². The maximum Gasteiger partial charge on any atom is 0.127 e. The standard InChI is InChI=1S/C17H17BrClNO/c1-10-3-6-16-13(7-10)15(20-2)9-17(21-16)12-5-4-11(19)8-14(12)18/h3-8,15,17,20H,9H2,1-2H3. The Bertz CT molecular complexity index is 674. The predicted octanol–water partition coefficient (Wildman–Crippen LogP) is 5.20. The van der Waals surface area contributed by atoms with E-state index >= 15 is 0 Å². The van der Waals surface area contributed by atoms with Crippen molar-refractivity contribution in [2.45, 2.75) is 25.5 Å². The van der Waals surface area contributed by atoms with Gasteiger partial charge in [0, 0.05) is 33.1 Å². The normalized spacial score (nSPS) is 20.8. The van der Waals surface area contributed by atoms with Crippen molar-refractivity contribution in [3.05, 3.63) is 62.6 Å². The molecule has 0 saturated heterocycles. The second-order valence-corrected chi connectivity index (χ2v) is 6.68. The van der Waals surface area contributed by atoms with Crippen LogP contribution in [0.1, 0.15) is 35.3 Å². The van der Waals surface area contributed by atoms with Crippen molar-refractivity contribution in [3.63, 3.8) is 0 Å². The number of fused-ring (bicyclic) bond motifs is 1. The summed E-state index contributed by atoms with van der Waals surface area (Å²) in [4.78, 5) is 0. The van der Waals surface area contributed by atoms with Gasteiger partial charge in [-0.15, -0.1) is 0 Å². The molecule has 0 amide bonds. The first-order valence-corrected chi connectivity index (χ1v) is 8.15. The summed E-state index contributed by atoms with van der Waals surface area (Å²) in [5, 5.41) is 4.12. The van der Waals surface area contributed by atoms with Crippen LogP contribution in [0.5, 0.6) is 5.75 Å². The Labute approximate surface area is 138 Å². The van der Waals surface area contributed by atoms with Gasteiger partial charge in [0.25, 0.3) is 0 Å². The summed E-state index contributed by atoms with van der Waals surface area (Å²) in [6, 6.07) is 12.5. The van der Waals surface area contributed by atoms with E-state index in [1.54, 1.807) is 0 Å². The fraction of sp³-hybridized carbons (Fsp3) is 0.294. The lowest BCUT2D eigenvalue weighted by atomic mass is 9.92. The molecule has 2 nitrogen and oxygen atoms in total. The lowest BCUT2D eigenvalue weighted by Gasteiger charge is -2.33. The highest BCUT2D eigenvalue weighted by Crippen LogP contribution is 2.42. The molecule has 0 radical (unpaired) electrons. The molecule has 0 bridgehead atoms. The second-order valence-electron chi connectivity index (χ2n) is 5.39. The van der Waals surface area contributed by atoms with Crippen LogP contribution in [0.4, 0.5) is 0 Å². The molecule has 1 heterocycles. The molecule has 0 spiro atoms. The van der Waals surface area contributed by atoms with Crippen LogP contribution in [0.2, 0.25) is 5.02 Å². The Morgan fingerprint density at radius 2 is 2.00 bits per heavy atom. The molecular weight excluding hydrogens is 350 g/mol. The van der Waals surface area contributed by atoms with Crippen LogP contribution in [0.3, 0.4) is 0 Å². The van der Waals surface area contributed by atoms with Crippen molar-refractivity contribution in [2.75, 3.05) is 7.05 Å². The van der Waals surface area contributed by atoms with E-state index < -0.39 is 0 Å². The Kier molecular flexibility index (Phi) is 4.25. The van der Waals surface area contributed by atoms with Gasteiger partial charge >= 0.3 is 0 Å². The van der Waals surface area contributed by atoms with Gasteiger partial charge in [0.05, 0.1) is 0 Å². The minimum absolute atomic E-state index is 0.0179. The molecular formula is C17H17BrClNO. The van der Waals surface area contributed by atoms with Crippen molar-refractivity contribution < 1.29 is 4.74 Å². The smallest absolute Gasteiger partial charge is 0.127 e. The molecule has 3 rings (SSSR count). The first-order chi connectivity index (χ1) is 10.1. The van der Waals surface area contributed by atoms with Crippen LogP contribution >= 0.6 is 27.5 Å². The topological polar surface area (TPSA) is 21.3 Å². The number of ether oxygens (including phenoxy) is 1. The first kappa shape index (κ1) is 14.9. The zero-order chi connectivity index (χ0) is 15.0. The Hall–Kier alpha value is -1.03.